The number of carboxylic acids is 1. The van der Waals surface area contributed by atoms with E-state index in [1.807, 2.05) is 6.29 Å². The molecule has 1 aromatic rings. The van der Waals surface area contributed by atoms with Crippen molar-refractivity contribution >= 4 is 12.3 Å². The van der Waals surface area contributed by atoms with E-state index >= 15 is 0 Å². The minimum atomic E-state index is -1.11. The summed E-state index contributed by atoms with van der Waals surface area (Å²) in [4.78, 5) is 20.3. The van der Waals surface area contributed by atoms with Gasteiger partial charge >= 0.3 is 35.5 Å². The molecular formula is C25H41NaO4. The Hall–Kier alpha value is -0.840. The molecule has 4 nitrogen and oxygen atoms in total. The molecule has 0 saturated carbocycles. The van der Waals surface area contributed by atoms with Crippen LogP contribution in [0.15, 0.2) is 24.3 Å². The van der Waals surface area contributed by atoms with Crippen molar-refractivity contribution in [3.05, 3.63) is 29.8 Å². The summed E-state index contributed by atoms with van der Waals surface area (Å²) in [5.74, 6) is -1.31. The molecule has 0 saturated heterocycles. The Morgan fingerprint density at radius 2 is 1.17 bits per heavy atom. The third kappa shape index (κ3) is 20.4. The second-order valence-electron chi connectivity index (χ2n) is 7.67. The standard InChI is InChI=1S/C18H35O.C7H6O3.Na/c1-2-3-4-5-6-7-8-9-10-11-12-13-14-15-16-17-18-19;8-6-4-2-1-3-5(6)7(9)10;/h2-17H2,1H3;1-4,8H,(H,9,10);/q-1;;+1. The molecule has 0 aliphatic carbocycles. The number of hydrogen-bond acceptors (Lipinski definition) is 3. The fourth-order valence-electron chi connectivity index (χ4n) is 3.22. The summed E-state index contributed by atoms with van der Waals surface area (Å²) in [7, 11) is 0. The summed E-state index contributed by atoms with van der Waals surface area (Å²) in [5, 5.41) is 17.3. The first-order chi connectivity index (χ1) is 14.1. The molecule has 0 amide bonds. The number of carbonyl (C=O) groups is 1. The van der Waals surface area contributed by atoms with Crippen molar-refractivity contribution in [2.24, 2.45) is 0 Å². The normalized spacial score (nSPS) is 9.90. The van der Waals surface area contributed by atoms with Crippen molar-refractivity contribution in [2.45, 2.75) is 110 Å². The molecule has 0 fully saturated rings. The van der Waals surface area contributed by atoms with Crippen LogP contribution in [0, 0.1) is 0 Å². The Kier molecular flexibility index (Phi) is 25.5. The molecule has 0 bridgehead atoms. The maximum Gasteiger partial charge on any atom is 1.00 e. The Labute approximate surface area is 206 Å². The van der Waals surface area contributed by atoms with Gasteiger partial charge in [0, 0.05) is 0 Å². The van der Waals surface area contributed by atoms with Crippen LogP contribution in [0.1, 0.15) is 120 Å². The summed E-state index contributed by atoms with van der Waals surface area (Å²) < 4.78 is 0. The van der Waals surface area contributed by atoms with Crippen molar-refractivity contribution in [1.82, 2.24) is 0 Å². The first kappa shape index (κ1) is 31.3. The number of rotatable bonds is 17. The van der Waals surface area contributed by atoms with Gasteiger partial charge in [0.2, 0.25) is 0 Å². The molecule has 0 heterocycles. The third-order valence-electron chi connectivity index (χ3n) is 5.02. The van der Waals surface area contributed by atoms with Crippen LogP contribution < -0.4 is 29.6 Å². The van der Waals surface area contributed by atoms with Crippen LogP contribution >= 0.6 is 0 Å². The van der Waals surface area contributed by atoms with Gasteiger partial charge in [-0.25, -0.2) is 4.79 Å². The zero-order chi connectivity index (χ0) is 21.6. The molecule has 30 heavy (non-hydrogen) atoms. The largest absolute Gasteiger partial charge is 1.00 e. The van der Waals surface area contributed by atoms with E-state index in [4.69, 9.17) is 10.2 Å². The van der Waals surface area contributed by atoms with Crippen LogP contribution in [0.4, 0.5) is 0 Å². The maximum absolute atomic E-state index is 10.3. The van der Waals surface area contributed by atoms with Crippen molar-refractivity contribution in [3.63, 3.8) is 0 Å². The second kappa shape index (κ2) is 24.4. The fraction of sp³-hybridized carbons (Fsp3) is 0.680. The Morgan fingerprint density at radius 1 is 0.767 bits per heavy atom. The van der Waals surface area contributed by atoms with Gasteiger partial charge in [0.15, 0.2) is 0 Å². The molecule has 0 aliphatic heterocycles. The molecule has 0 aliphatic rings. The number of carbonyl (C=O) groups excluding carboxylic acids is 1. The first-order valence-corrected chi connectivity index (χ1v) is 11.5. The molecule has 5 heteroatoms. The number of hydrogen-bond donors (Lipinski definition) is 2. The number of unbranched alkanes of at least 4 members (excludes halogenated alkanes) is 15. The topological polar surface area (TPSA) is 74.6 Å². The average molecular weight is 429 g/mol. The maximum atomic E-state index is 10.3. The van der Waals surface area contributed by atoms with E-state index in [0.717, 1.165) is 6.42 Å². The van der Waals surface area contributed by atoms with E-state index in [1.54, 1.807) is 12.1 Å². The number of para-hydroxylation sites is 1. The molecular weight excluding hydrogens is 387 g/mol. The van der Waals surface area contributed by atoms with Gasteiger partial charge in [-0.2, -0.15) is 6.42 Å². The van der Waals surface area contributed by atoms with Crippen LogP contribution in [0.25, 0.3) is 0 Å². The predicted molar refractivity (Wildman–Crippen MR) is 120 cm³/mol. The summed E-state index contributed by atoms with van der Waals surface area (Å²) in [5.41, 5.74) is -0.0671. The van der Waals surface area contributed by atoms with Crippen LogP contribution in [0.2, 0.25) is 0 Å². The molecule has 0 radical (unpaired) electrons. The third-order valence-corrected chi connectivity index (χ3v) is 5.02. The molecule has 0 unspecified atom stereocenters. The molecule has 0 atom stereocenters. The minimum Gasteiger partial charge on any atom is -0.542 e. The van der Waals surface area contributed by atoms with Crippen molar-refractivity contribution in [1.29, 1.82) is 0 Å². The first-order valence-electron chi connectivity index (χ1n) is 11.5. The summed E-state index contributed by atoms with van der Waals surface area (Å²) in [6.07, 6.45) is 23.2. The smallest absolute Gasteiger partial charge is 0.542 e. The van der Waals surface area contributed by atoms with E-state index < -0.39 is 5.97 Å². The van der Waals surface area contributed by atoms with Gasteiger partial charge < -0.3 is 15.0 Å². The monoisotopic (exact) mass is 428 g/mol. The van der Waals surface area contributed by atoms with Gasteiger partial charge in [0.05, 0.1) is 0 Å². The van der Waals surface area contributed by atoms with Crippen LogP contribution in [0.3, 0.4) is 0 Å². The summed E-state index contributed by atoms with van der Waals surface area (Å²) in [6, 6.07) is 5.81. The quantitative estimate of drug-likeness (QED) is 0.218. The molecule has 1 aromatic carbocycles. The Bertz CT molecular complexity index is 520. The van der Waals surface area contributed by atoms with Gasteiger partial charge in [0.25, 0.3) is 0 Å². The van der Waals surface area contributed by atoms with Gasteiger partial charge in [0.1, 0.15) is 11.3 Å². The van der Waals surface area contributed by atoms with Gasteiger partial charge in [-0.05, 0) is 12.1 Å². The number of aromatic hydroxyl groups is 1. The van der Waals surface area contributed by atoms with E-state index in [-0.39, 0.29) is 40.9 Å². The fourth-order valence-corrected chi connectivity index (χ4v) is 3.22. The number of aromatic carboxylic acids is 1. The zero-order valence-corrected chi connectivity index (χ0v) is 21.3. The minimum absolute atomic E-state index is 0. The van der Waals surface area contributed by atoms with Crippen molar-refractivity contribution in [3.8, 4) is 5.75 Å². The van der Waals surface area contributed by atoms with E-state index in [0.29, 0.717) is 6.42 Å². The predicted octanol–water partition coefficient (Wildman–Crippen LogP) is 4.45. The number of phenols is 1. The summed E-state index contributed by atoms with van der Waals surface area (Å²) in [6.45, 7) is 2.28. The molecule has 0 aromatic heterocycles. The van der Waals surface area contributed by atoms with Gasteiger partial charge in [-0.1, -0.05) is 115 Å². The Morgan fingerprint density at radius 3 is 1.50 bits per heavy atom. The van der Waals surface area contributed by atoms with Crippen LogP contribution in [-0.2, 0) is 4.79 Å². The second-order valence-corrected chi connectivity index (χ2v) is 7.67. The van der Waals surface area contributed by atoms with E-state index in [1.165, 1.54) is 102 Å². The van der Waals surface area contributed by atoms with Gasteiger partial charge in [-0.15, -0.1) is 0 Å². The summed E-state index contributed by atoms with van der Waals surface area (Å²) >= 11 is 0. The van der Waals surface area contributed by atoms with Crippen LogP contribution in [0.5, 0.6) is 5.75 Å². The van der Waals surface area contributed by atoms with E-state index in [9.17, 15) is 9.59 Å². The molecule has 1 rings (SSSR count). The van der Waals surface area contributed by atoms with Crippen LogP contribution in [-0.4, -0.2) is 22.5 Å². The van der Waals surface area contributed by atoms with Crippen molar-refractivity contribution in [2.75, 3.05) is 0 Å². The van der Waals surface area contributed by atoms with E-state index in [2.05, 4.69) is 6.92 Å². The SMILES string of the molecule is CCCCCCCCCCCCCCCCC[C-]=O.O=C(O)c1ccccc1O.[Na+]. The number of benzene rings is 1. The van der Waals surface area contributed by atoms with Gasteiger partial charge in [-0.3, -0.25) is 6.29 Å². The molecule has 2 N–H and O–H groups in total. The molecule has 0 spiro atoms. The van der Waals surface area contributed by atoms with Crippen molar-refractivity contribution < 1.29 is 49.4 Å². The zero-order valence-electron chi connectivity index (χ0n) is 19.3. The Balaban J connectivity index is 0. The molecule has 166 valence electrons. The number of carboxylic acid groups (broad SMARTS) is 1. The average Bonchev–Trinajstić information content (AvgIpc) is 2.71.